The van der Waals surface area contributed by atoms with Crippen LogP contribution >= 0.6 is 0 Å². The first kappa shape index (κ1) is 29.4. The second kappa shape index (κ2) is 11.5. The average Bonchev–Trinajstić information content (AvgIpc) is 2.88. The minimum Gasteiger partial charge on any atom is -0.377 e. The average molecular weight is 555 g/mol. The summed E-state index contributed by atoms with van der Waals surface area (Å²) in [6, 6.07) is 13.2. The van der Waals surface area contributed by atoms with E-state index in [1.165, 1.54) is 6.92 Å². The molecule has 0 amide bonds. The maximum Gasteiger partial charge on any atom is 0.416 e. The number of benzene rings is 2. The number of hydrogen-bond acceptors (Lipinski definition) is 4. The minimum atomic E-state index is -4.96. The summed E-state index contributed by atoms with van der Waals surface area (Å²) < 4.78 is 92.9. The van der Waals surface area contributed by atoms with Gasteiger partial charge in [0.15, 0.2) is 0 Å². The Labute approximate surface area is 224 Å². The molecular formula is C29H32F6N2O2. The second-order valence-electron chi connectivity index (χ2n) is 10.8. The fourth-order valence-electron chi connectivity index (χ4n) is 5.88. The smallest absolute Gasteiger partial charge is 0.377 e. The first-order chi connectivity index (χ1) is 18.3. The van der Waals surface area contributed by atoms with Crippen LogP contribution in [0.1, 0.15) is 61.0 Å². The van der Waals surface area contributed by atoms with Crippen molar-refractivity contribution in [3.8, 4) is 6.07 Å². The molecule has 2 aliphatic heterocycles. The molecule has 212 valence electrons. The van der Waals surface area contributed by atoms with Gasteiger partial charge in [-0.25, -0.2) is 0 Å². The quantitative estimate of drug-likeness (QED) is 0.354. The highest BCUT2D eigenvalue weighted by Crippen LogP contribution is 2.46. The molecule has 5 unspecified atom stereocenters. The van der Waals surface area contributed by atoms with Gasteiger partial charge in [-0.1, -0.05) is 37.3 Å². The molecule has 2 heterocycles. The van der Waals surface area contributed by atoms with Crippen molar-refractivity contribution in [2.75, 3.05) is 32.8 Å². The van der Waals surface area contributed by atoms with Crippen LogP contribution in [0.3, 0.4) is 0 Å². The summed E-state index contributed by atoms with van der Waals surface area (Å²) in [4.78, 5) is 2.24. The van der Waals surface area contributed by atoms with Gasteiger partial charge in [0.1, 0.15) is 5.41 Å². The normalized spacial score (nSPS) is 27.6. The molecule has 0 radical (unpaired) electrons. The van der Waals surface area contributed by atoms with Gasteiger partial charge in [-0.15, -0.1) is 0 Å². The molecule has 5 atom stereocenters. The third-order valence-electron chi connectivity index (χ3n) is 7.70. The molecule has 0 aliphatic carbocycles. The van der Waals surface area contributed by atoms with E-state index in [0.29, 0.717) is 24.6 Å². The molecule has 0 spiro atoms. The maximum atomic E-state index is 13.5. The Balaban J connectivity index is 1.69. The van der Waals surface area contributed by atoms with E-state index in [4.69, 9.17) is 9.47 Å². The molecule has 4 nitrogen and oxygen atoms in total. The standard InChI is InChI=1S/C29H32F6N2O2/c1-19-7-6-10-37(14-19)17-27(16-36)18-38-15-25(26(27)21-8-4-3-5-9-21)39-20(2)22-11-23(28(30,31)32)13-24(12-22)29(33,34)35/h3-5,8-9,11-13,19-20,25-26H,6-7,10,14-15,17-18H2,1-2H3. The lowest BCUT2D eigenvalue weighted by molar-refractivity contribution is -0.144. The zero-order valence-electron chi connectivity index (χ0n) is 21.9. The van der Waals surface area contributed by atoms with Gasteiger partial charge in [0, 0.05) is 19.0 Å². The van der Waals surface area contributed by atoms with E-state index in [2.05, 4.69) is 17.9 Å². The minimum absolute atomic E-state index is 0.0504. The maximum absolute atomic E-state index is 13.5. The summed E-state index contributed by atoms with van der Waals surface area (Å²) in [6.07, 6.45) is -9.71. The summed E-state index contributed by atoms with van der Waals surface area (Å²) in [5, 5.41) is 10.5. The van der Waals surface area contributed by atoms with Crippen LogP contribution in [0.4, 0.5) is 26.3 Å². The van der Waals surface area contributed by atoms with Crippen molar-refractivity contribution in [2.24, 2.45) is 11.3 Å². The Bertz CT molecular complexity index is 1130. The lowest BCUT2D eigenvalue weighted by atomic mass is 9.68. The number of likely N-dealkylation sites (tertiary alicyclic amines) is 1. The number of nitrogens with zero attached hydrogens (tertiary/aromatic N) is 2. The van der Waals surface area contributed by atoms with Crippen molar-refractivity contribution >= 4 is 0 Å². The first-order valence-corrected chi connectivity index (χ1v) is 13.0. The lowest BCUT2D eigenvalue weighted by Crippen LogP contribution is -2.54. The van der Waals surface area contributed by atoms with Crippen LogP contribution in [0.15, 0.2) is 48.5 Å². The highest BCUT2D eigenvalue weighted by atomic mass is 19.4. The summed E-state index contributed by atoms with van der Waals surface area (Å²) in [6.45, 7) is 5.86. The van der Waals surface area contributed by atoms with Gasteiger partial charge in [-0.2, -0.15) is 31.6 Å². The largest absolute Gasteiger partial charge is 0.416 e. The van der Waals surface area contributed by atoms with Crippen molar-refractivity contribution in [3.63, 3.8) is 0 Å². The summed E-state index contributed by atoms with van der Waals surface area (Å²) >= 11 is 0. The molecule has 2 aromatic rings. The predicted molar refractivity (Wildman–Crippen MR) is 133 cm³/mol. The molecule has 39 heavy (non-hydrogen) atoms. The number of nitriles is 1. The van der Waals surface area contributed by atoms with Crippen molar-refractivity contribution in [2.45, 2.75) is 57.2 Å². The third-order valence-corrected chi connectivity index (χ3v) is 7.70. The number of alkyl halides is 6. The lowest BCUT2D eigenvalue weighted by Gasteiger charge is -2.47. The van der Waals surface area contributed by atoms with E-state index < -0.39 is 47.0 Å². The number of ether oxygens (including phenoxy) is 2. The van der Waals surface area contributed by atoms with E-state index in [-0.39, 0.29) is 24.8 Å². The summed E-state index contributed by atoms with van der Waals surface area (Å²) in [7, 11) is 0. The van der Waals surface area contributed by atoms with Gasteiger partial charge < -0.3 is 14.4 Å². The topological polar surface area (TPSA) is 45.5 Å². The molecule has 10 heteroatoms. The molecule has 2 fully saturated rings. The number of rotatable bonds is 6. The first-order valence-electron chi connectivity index (χ1n) is 13.0. The van der Waals surface area contributed by atoms with E-state index in [1.54, 1.807) is 0 Å². The predicted octanol–water partition coefficient (Wildman–Crippen LogP) is 7.23. The molecule has 0 aromatic heterocycles. The van der Waals surface area contributed by atoms with E-state index in [9.17, 15) is 31.6 Å². The third kappa shape index (κ3) is 6.76. The Morgan fingerprint density at radius 2 is 1.72 bits per heavy atom. The SMILES string of the molecule is CC1CCCN(CC2(C#N)COCC(OC(C)c3cc(C(F)(F)F)cc(C(F)(F)F)c3)C2c2ccccc2)C1. The van der Waals surface area contributed by atoms with E-state index in [1.807, 2.05) is 30.3 Å². The van der Waals surface area contributed by atoms with Gasteiger partial charge in [0.2, 0.25) is 0 Å². The van der Waals surface area contributed by atoms with Crippen molar-refractivity contribution in [1.82, 2.24) is 4.90 Å². The van der Waals surface area contributed by atoms with Crippen molar-refractivity contribution < 1.29 is 35.8 Å². The van der Waals surface area contributed by atoms with E-state index >= 15 is 0 Å². The van der Waals surface area contributed by atoms with Gasteiger partial charge in [-0.05, 0) is 61.6 Å². The molecule has 0 saturated carbocycles. The van der Waals surface area contributed by atoms with Crippen molar-refractivity contribution in [1.29, 1.82) is 5.26 Å². The zero-order valence-corrected chi connectivity index (χ0v) is 21.9. The Kier molecular flexibility index (Phi) is 8.64. The number of piperidine rings is 1. The second-order valence-corrected chi connectivity index (χ2v) is 10.8. The van der Waals surface area contributed by atoms with Gasteiger partial charge in [0.25, 0.3) is 0 Å². The van der Waals surface area contributed by atoms with Crippen molar-refractivity contribution in [3.05, 3.63) is 70.8 Å². The van der Waals surface area contributed by atoms with Crippen LogP contribution < -0.4 is 0 Å². The van der Waals surface area contributed by atoms with Gasteiger partial charge >= 0.3 is 12.4 Å². The summed E-state index contributed by atoms with van der Waals surface area (Å²) in [5.74, 6) is -0.0324. The van der Waals surface area contributed by atoms with Crippen LogP contribution in [0.5, 0.6) is 0 Å². The van der Waals surface area contributed by atoms with Crippen LogP contribution in [-0.4, -0.2) is 43.9 Å². The molecule has 2 aliphatic rings. The number of hydrogen-bond donors (Lipinski definition) is 0. The van der Waals surface area contributed by atoms with Crippen LogP contribution in [0.25, 0.3) is 0 Å². The van der Waals surface area contributed by atoms with Crippen LogP contribution in [0.2, 0.25) is 0 Å². The zero-order chi connectivity index (χ0) is 28.4. The van der Waals surface area contributed by atoms with Crippen LogP contribution in [-0.2, 0) is 21.8 Å². The fraction of sp³-hybridized carbons (Fsp3) is 0.552. The molecular weight excluding hydrogens is 522 g/mol. The Morgan fingerprint density at radius 1 is 1.08 bits per heavy atom. The van der Waals surface area contributed by atoms with E-state index in [0.717, 1.165) is 31.5 Å². The summed E-state index contributed by atoms with van der Waals surface area (Å²) in [5.41, 5.74) is -3.25. The van der Waals surface area contributed by atoms with Crippen LogP contribution in [0, 0.1) is 22.7 Å². The fourth-order valence-corrected chi connectivity index (χ4v) is 5.88. The molecule has 0 bridgehead atoms. The Hall–Kier alpha value is -2.61. The monoisotopic (exact) mass is 554 g/mol. The number of halogens is 6. The Morgan fingerprint density at radius 3 is 2.28 bits per heavy atom. The molecule has 2 saturated heterocycles. The molecule has 4 rings (SSSR count). The van der Waals surface area contributed by atoms with Gasteiger partial charge in [-0.3, -0.25) is 0 Å². The highest BCUT2D eigenvalue weighted by molar-refractivity contribution is 5.35. The molecule has 2 aromatic carbocycles. The molecule has 0 N–H and O–H groups in total. The highest BCUT2D eigenvalue weighted by Gasteiger charge is 2.50. The van der Waals surface area contributed by atoms with Gasteiger partial charge in [0.05, 0.1) is 42.6 Å².